The molecule has 0 saturated heterocycles. The first-order valence-corrected chi connectivity index (χ1v) is 3.87. The zero-order chi connectivity index (χ0) is 11.1. The molecular formula is C8H9F3N2O. The molecule has 0 N–H and O–H groups in total. The normalized spacial score (nSPS) is 11.9. The Morgan fingerprint density at radius 2 is 1.93 bits per heavy atom. The van der Waals surface area contributed by atoms with Gasteiger partial charge in [-0.15, -0.1) is 0 Å². The SMILES string of the molecule is CC(=O)c1c(C(F)(F)F)nn(C)c1C. The number of nitrogens with zero attached hydrogens (tertiary/aromatic N) is 2. The Labute approximate surface area is 78.5 Å². The molecule has 14 heavy (non-hydrogen) atoms. The summed E-state index contributed by atoms with van der Waals surface area (Å²) in [5.74, 6) is -0.622. The number of aromatic nitrogens is 2. The molecule has 6 heteroatoms. The quantitative estimate of drug-likeness (QED) is 0.658. The molecule has 0 unspecified atom stereocenters. The van der Waals surface area contributed by atoms with Crippen molar-refractivity contribution in [2.75, 3.05) is 0 Å². The van der Waals surface area contributed by atoms with E-state index in [0.29, 0.717) is 0 Å². The Morgan fingerprint density at radius 1 is 1.43 bits per heavy atom. The number of carbonyl (C=O) groups excluding carboxylic acids is 1. The molecule has 0 aliphatic rings. The zero-order valence-corrected chi connectivity index (χ0v) is 7.94. The van der Waals surface area contributed by atoms with Crippen LogP contribution >= 0.6 is 0 Å². The molecule has 0 radical (unpaired) electrons. The van der Waals surface area contributed by atoms with E-state index in [2.05, 4.69) is 5.10 Å². The second-order valence-electron chi connectivity index (χ2n) is 2.99. The van der Waals surface area contributed by atoms with E-state index in [1.165, 1.54) is 14.0 Å². The molecule has 78 valence electrons. The minimum absolute atomic E-state index is 0.227. The summed E-state index contributed by atoms with van der Waals surface area (Å²) in [6.45, 7) is 2.53. The molecule has 0 bridgehead atoms. The van der Waals surface area contributed by atoms with Crippen LogP contribution in [-0.2, 0) is 13.2 Å². The van der Waals surface area contributed by atoms with Gasteiger partial charge < -0.3 is 0 Å². The van der Waals surface area contributed by atoms with Gasteiger partial charge in [0.05, 0.1) is 5.56 Å². The van der Waals surface area contributed by atoms with E-state index < -0.39 is 17.7 Å². The number of halogens is 3. The second-order valence-corrected chi connectivity index (χ2v) is 2.99. The predicted molar refractivity (Wildman–Crippen MR) is 43.0 cm³/mol. The summed E-state index contributed by atoms with van der Waals surface area (Å²) in [4.78, 5) is 11.0. The predicted octanol–water partition coefficient (Wildman–Crippen LogP) is 1.95. The molecule has 1 rings (SSSR count). The number of rotatable bonds is 1. The first-order chi connectivity index (χ1) is 6.25. The molecule has 0 fully saturated rings. The van der Waals surface area contributed by atoms with E-state index in [9.17, 15) is 18.0 Å². The number of carbonyl (C=O) groups is 1. The maximum Gasteiger partial charge on any atom is 0.435 e. The third kappa shape index (κ3) is 1.64. The first-order valence-electron chi connectivity index (χ1n) is 3.87. The summed E-state index contributed by atoms with van der Waals surface area (Å²) in [6, 6.07) is 0. The molecule has 0 aromatic carbocycles. The highest BCUT2D eigenvalue weighted by Gasteiger charge is 2.39. The van der Waals surface area contributed by atoms with Gasteiger partial charge in [-0.1, -0.05) is 0 Å². The minimum atomic E-state index is -4.58. The zero-order valence-electron chi connectivity index (χ0n) is 7.94. The van der Waals surface area contributed by atoms with Crippen LogP contribution in [0, 0.1) is 6.92 Å². The van der Waals surface area contributed by atoms with Crippen molar-refractivity contribution in [3.63, 3.8) is 0 Å². The Kier molecular flexibility index (Phi) is 2.39. The standard InChI is InChI=1S/C8H9F3N2O/c1-4-6(5(2)14)7(8(9,10)11)12-13(4)3/h1-3H3. The molecule has 0 atom stereocenters. The van der Waals surface area contributed by atoms with Gasteiger partial charge in [-0.05, 0) is 13.8 Å². The Bertz CT molecular complexity index is 379. The molecule has 1 heterocycles. The van der Waals surface area contributed by atoms with Gasteiger partial charge in [-0.2, -0.15) is 18.3 Å². The molecule has 3 nitrogen and oxygen atoms in total. The fourth-order valence-electron chi connectivity index (χ4n) is 1.23. The van der Waals surface area contributed by atoms with E-state index in [1.54, 1.807) is 0 Å². The Balaban J connectivity index is 3.45. The second kappa shape index (κ2) is 3.11. The van der Waals surface area contributed by atoms with Crippen LogP contribution in [0.15, 0.2) is 0 Å². The van der Waals surface area contributed by atoms with Gasteiger partial charge in [0, 0.05) is 12.7 Å². The minimum Gasteiger partial charge on any atom is -0.294 e. The van der Waals surface area contributed by atoms with Gasteiger partial charge in [0.15, 0.2) is 11.5 Å². The lowest BCUT2D eigenvalue weighted by atomic mass is 10.1. The van der Waals surface area contributed by atoms with Gasteiger partial charge >= 0.3 is 6.18 Å². The van der Waals surface area contributed by atoms with Crippen molar-refractivity contribution in [2.45, 2.75) is 20.0 Å². The highest BCUT2D eigenvalue weighted by molar-refractivity contribution is 5.96. The number of hydrogen-bond donors (Lipinski definition) is 0. The molecule has 0 aliphatic carbocycles. The van der Waals surface area contributed by atoms with Crippen molar-refractivity contribution in [3.8, 4) is 0 Å². The summed E-state index contributed by atoms with van der Waals surface area (Å²) < 4.78 is 38.2. The average molecular weight is 206 g/mol. The van der Waals surface area contributed by atoms with Gasteiger partial charge in [-0.25, -0.2) is 0 Å². The number of ketones is 1. The molecule has 0 spiro atoms. The summed E-state index contributed by atoms with van der Waals surface area (Å²) in [5, 5.41) is 3.27. The summed E-state index contributed by atoms with van der Waals surface area (Å²) in [6.07, 6.45) is -4.58. The van der Waals surface area contributed by atoms with Gasteiger partial charge in [0.25, 0.3) is 0 Å². The number of alkyl halides is 3. The first kappa shape index (κ1) is 10.7. The van der Waals surface area contributed by atoms with Crippen LogP contribution in [-0.4, -0.2) is 15.6 Å². The third-order valence-corrected chi connectivity index (χ3v) is 1.95. The molecule has 0 amide bonds. The van der Waals surface area contributed by atoms with Crippen LogP contribution in [0.2, 0.25) is 0 Å². The lowest BCUT2D eigenvalue weighted by Crippen LogP contribution is -2.11. The van der Waals surface area contributed by atoms with Gasteiger partial charge in [0.1, 0.15) is 0 Å². The van der Waals surface area contributed by atoms with E-state index >= 15 is 0 Å². The van der Waals surface area contributed by atoms with Gasteiger partial charge in [-0.3, -0.25) is 9.48 Å². The monoisotopic (exact) mass is 206 g/mol. The third-order valence-electron chi connectivity index (χ3n) is 1.95. The van der Waals surface area contributed by atoms with Crippen molar-refractivity contribution in [1.82, 2.24) is 9.78 Å². The number of hydrogen-bond acceptors (Lipinski definition) is 2. The lowest BCUT2D eigenvalue weighted by Gasteiger charge is -2.03. The summed E-state index contributed by atoms with van der Waals surface area (Å²) in [7, 11) is 1.37. The van der Waals surface area contributed by atoms with Gasteiger partial charge in [0.2, 0.25) is 0 Å². The molecule has 1 aromatic heterocycles. The highest BCUT2D eigenvalue weighted by atomic mass is 19.4. The van der Waals surface area contributed by atoms with Crippen LogP contribution in [0.5, 0.6) is 0 Å². The van der Waals surface area contributed by atoms with E-state index in [-0.39, 0.29) is 11.3 Å². The van der Waals surface area contributed by atoms with Crippen molar-refractivity contribution in [3.05, 3.63) is 17.0 Å². The average Bonchev–Trinajstić information content (AvgIpc) is 2.27. The Morgan fingerprint density at radius 3 is 2.21 bits per heavy atom. The van der Waals surface area contributed by atoms with Crippen molar-refractivity contribution in [2.24, 2.45) is 7.05 Å². The van der Waals surface area contributed by atoms with Crippen LogP contribution in [0.4, 0.5) is 13.2 Å². The van der Waals surface area contributed by atoms with Crippen LogP contribution in [0.25, 0.3) is 0 Å². The molecule has 0 saturated carbocycles. The van der Waals surface area contributed by atoms with Crippen molar-refractivity contribution < 1.29 is 18.0 Å². The van der Waals surface area contributed by atoms with Crippen LogP contribution in [0.1, 0.15) is 28.7 Å². The highest BCUT2D eigenvalue weighted by Crippen LogP contribution is 2.32. The fourth-order valence-corrected chi connectivity index (χ4v) is 1.23. The summed E-state index contributed by atoms with van der Waals surface area (Å²) in [5.41, 5.74) is -1.23. The van der Waals surface area contributed by atoms with Crippen molar-refractivity contribution >= 4 is 5.78 Å². The van der Waals surface area contributed by atoms with E-state index in [0.717, 1.165) is 11.6 Å². The largest absolute Gasteiger partial charge is 0.435 e. The fraction of sp³-hybridized carbons (Fsp3) is 0.500. The maximum atomic E-state index is 12.4. The number of Topliss-reactive ketones (excluding diaryl/α,β-unsaturated/α-hetero) is 1. The number of aryl methyl sites for hydroxylation is 1. The van der Waals surface area contributed by atoms with Crippen LogP contribution in [0.3, 0.4) is 0 Å². The Hall–Kier alpha value is -1.33. The molecule has 0 aliphatic heterocycles. The molecular weight excluding hydrogens is 197 g/mol. The van der Waals surface area contributed by atoms with Crippen molar-refractivity contribution in [1.29, 1.82) is 0 Å². The summed E-state index contributed by atoms with van der Waals surface area (Å²) >= 11 is 0. The van der Waals surface area contributed by atoms with Crippen LogP contribution < -0.4 is 0 Å². The van der Waals surface area contributed by atoms with E-state index in [1.807, 2.05) is 0 Å². The lowest BCUT2D eigenvalue weighted by molar-refractivity contribution is -0.141. The van der Waals surface area contributed by atoms with E-state index in [4.69, 9.17) is 0 Å². The smallest absolute Gasteiger partial charge is 0.294 e. The maximum absolute atomic E-state index is 12.4. The molecule has 1 aromatic rings. The topological polar surface area (TPSA) is 34.9 Å².